The molecule has 0 rings (SSSR count). The highest BCUT2D eigenvalue weighted by atomic mass is 14.9. The first-order valence-corrected chi connectivity index (χ1v) is 5.02. The van der Waals surface area contributed by atoms with Gasteiger partial charge in [0.25, 0.3) is 0 Å². The molecule has 0 amide bonds. The zero-order chi connectivity index (χ0) is 10.8. The Bertz CT molecular complexity index is 234. The van der Waals surface area contributed by atoms with E-state index in [2.05, 4.69) is 36.2 Å². The van der Waals surface area contributed by atoms with Gasteiger partial charge in [0.15, 0.2) is 0 Å². The van der Waals surface area contributed by atoms with E-state index in [-0.39, 0.29) is 0 Å². The topological polar surface area (TPSA) is 12.0 Å². The van der Waals surface area contributed by atoms with Crippen LogP contribution in [0.3, 0.4) is 0 Å². The molecule has 0 bridgehead atoms. The van der Waals surface area contributed by atoms with Gasteiger partial charge in [-0.2, -0.15) is 0 Å². The number of hydrogen-bond acceptors (Lipinski definition) is 1. The van der Waals surface area contributed by atoms with Crippen molar-refractivity contribution in [1.29, 1.82) is 0 Å². The third-order valence-corrected chi connectivity index (χ3v) is 1.99. The molecule has 0 saturated carbocycles. The Balaban J connectivity index is 4.42. The molecule has 1 unspecified atom stereocenters. The minimum Gasteiger partial charge on any atom is -0.313 e. The van der Waals surface area contributed by atoms with E-state index < -0.39 is 0 Å². The van der Waals surface area contributed by atoms with Crippen LogP contribution in [0.1, 0.15) is 20.3 Å². The van der Waals surface area contributed by atoms with E-state index in [1.165, 1.54) is 5.57 Å². The van der Waals surface area contributed by atoms with Crippen molar-refractivity contribution in [3.63, 3.8) is 0 Å². The molecule has 0 aromatic carbocycles. The predicted octanol–water partition coefficient (Wildman–Crippen LogP) is 3.23. The highest BCUT2D eigenvalue weighted by Crippen LogP contribution is 2.08. The first kappa shape index (κ1) is 12.9. The molecule has 14 heavy (non-hydrogen) atoms. The Morgan fingerprint density at radius 1 is 1.36 bits per heavy atom. The minimum atomic E-state index is 0.350. The van der Waals surface area contributed by atoms with E-state index in [0.29, 0.717) is 6.04 Å². The molecule has 1 heteroatoms. The summed E-state index contributed by atoms with van der Waals surface area (Å²) < 4.78 is 0. The molecular weight excluding hydrogens is 170 g/mol. The van der Waals surface area contributed by atoms with E-state index in [0.717, 1.165) is 6.42 Å². The van der Waals surface area contributed by atoms with Crippen molar-refractivity contribution in [2.45, 2.75) is 26.3 Å². The number of nitrogens with one attached hydrogen (secondary N) is 1. The summed E-state index contributed by atoms with van der Waals surface area (Å²) in [5.41, 5.74) is 1.31. The van der Waals surface area contributed by atoms with Gasteiger partial charge in [0.05, 0.1) is 0 Å². The molecule has 1 nitrogen and oxygen atoms in total. The summed E-state index contributed by atoms with van der Waals surface area (Å²) >= 11 is 0. The molecule has 0 aromatic rings. The summed E-state index contributed by atoms with van der Waals surface area (Å²) in [5, 5.41) is 3.20. The fourth-order valence-corrected chi connectivity index (χ4v) is 1.18. The average molecular weight is 191 g/mol. The Labute approximate surface area is 87.9 Å². The van der Waals surface area contributed by atoms with Gasteiger partial charge in [0, 0.05) is 6.04 Å². The monoisotopic (exact) mass is 191 g/mol. The van der Waals surface area contributed by atoms with Gasteiger partial charge >= 0.3 is 0 Å². The van der Waals surface area contributed by atoms with Crippen LogP contribution in [0.25, 0.3) is 0 Å². The second-order valence-corrected chi connectivity index (χ2v) is 3.10. The third-order valence-electron chi connectivity index (χ3n) is 1.99. The normalized spacial score (nSPS) is 15.2. The van der Waals surface area contributed by atoms with Gasteiger partial charge in [-0.3, -0.25) is 0 Å². The maximum absolute atomic E-state index is 3.79. The molecule has 0 aromatic heterocycles. The van der Waals surface area contributed by atoms with Crippen molar-refractivity contribution >= 4 is 0 Å². The van der Waals surface area contributed by atoms with Crippen molar-refractivity contribution < 1.29 is 0 Å². The summed E-state index contributed by atoms with van der Waals surface area (Å²) in [6.45, 7) is 7.85. The second kappa shape index (κ2) is 8.52. The molecule has 0 aliphatic carbocycles. The van der Waals surface area contributed by atoms with Gasteiger partial charge in [0.1, 0.15) is 0 Å². The lowest BCUT2D eigenvalue weighted by molar-refractivity contribution is 0.667. The van der Waals surface area contributed by atoms with Gasteiger partial charge in [0.2, 0.25) is 0 Å². The van der Waals surface area contributed by atoms with Gasteiger partial charge in [-0.05, 0) is 32.9 Å². The lowest BCUT2D eigenvalue weighted by atomic mass is 10.1. The Kier molecular flexibility index (Phi) is 7.86. The van der Waals surface area contributed by atoms with Gasteiger partial charge in [-0.25, -0.2) is 0 Å². The maximum Gasteiger partial charge on any atom is 0.0285 e. The molecule has 0 fully saturated rings. The number of hydrogen-bond donors (Lipinski definition) is 1. The summed E-state index contributed by atoms with van der Waals surface area (Å²) in [5.74, 6) is 0. The van der Waals surface area contributed by atoms with E-state index in [9.17, 15) is 0 Å². The zero-order valence-electron chi connectivity index (χ0n) is 9.46. The van der Waals surface area contributed by atoms with Gasteiger partial charge < -0.3 is 5.32 Å². The van der Waals surface area contributed by atoms with Crippen LogP contribution >= 0.6 is 0 Å². The SMILES string of the molecule is C=CC(CC(/C=C\C)=C/C=C\C)NC. The van der Waals surface area contributed by atoms with Crippen LogP contribution in [0.15, 0.2) is 48.6 Å². The lowest BCUT2D eigenvalue weighted by Crippen LogP contribution is -2.22. The van der Waals surface area contributed by atoms with Crippen LogP contribution < -0.4 is 5.32 Å². The Morgan fingerprint density at radius 3 is 2.50 bits per heavy atom. The fraction of sp³-hybridized carbons (Fsp3) is 0.385. The van der Waals surface area contributed by atoms with Crippen molar-refractivity contribution in [1.82, 2.24) is 5.32 Å². The molecule has 78 valence electrons. The molecule has 0 aliphatic rings. The summed E-state index contributed by atoms with van der Waals surface area (Å²) in [6, 6.07) is 0.350. The highest BCUT2D eigenvalue weighted by Gasteiger charge is 2.01. The van der Waals surface area contributed by atoms with Crippen LogP contribution in [0.4, 0.5) is 0 Å². The first-order chi connectivity index (χ1) is 6.78. The molecule has 0 spiro atoms. The van der Waals surface area contributed by atoms with Crippen molar-refractivity contribution in [3.8, 4) is 0 Å². The zero-order valence-corrected chi connectivity index (χ0v) is 9.46. The Hall–Kier alpha value is -1.08. The van der Waals surface area contributed by atoms with Crippen molar-refractivity contribution in [3.05, 3.63) is 48.6 Å². The van der Waals surface area contributed by atoms with Crippen LogP contribution in [0.2, 0.25) is 0 Å². The predicted molar refractivity (Wildman–Crippen MR) is 65.4 cm³/mol. The summed E-state index contributed by atoms with van der Waals surface area (Å²) in [4.78, 5) is 0. The van der Waals surface area contributed by atoms with Crippen LogP contribution in [-0.2, 0) is 0 Å². The molecule has 0 aliphatic heterocycles. The number of allylic oxidation sites excluding steroid dienone is 5. The van der Waals surface area contributed by atoms with Gasteiger partial charge in [-0.1, -0.05) is 36.5 Å². The molecular formula is C13H21N. The third kappa shape index (κ3) is 5.55. The second-order valence-electron chi connectivity index (χ2n) is 3.10. The highest BCUT2D eigenvalue weighted by molar-refractivity contribution is 5.25. The van der Waals surface area contributed by atoms with Crippen LogP contribution in [0.5, 0.6) is 0 Å². The standard InChI is InChI=1S/C13H21N/c1-5-8-10-12(9-6-2)11-13(7-3)14-4/h5-10,13-14H,3,11H2,1-2,4H3/b8-5-,9-6-,12-10+. The van der Waals surface area contributed by atoms with Crippen LogP contribution in [-0.4, -0.2) is 13.1 Å². The van der Waals surface area contributed by atoms with Gasteiger partial charge in [-0.15, -0.1) is 6.58 Å². The molecule has 1 N–H and O–H groups in total. The van der Waals surface area contributed by atoms with E-state index >= 15 is 0 Å². The molecule has 0 heterocycles. The van der Waals surface area contributed by atoms with E-state index in [1.54, 1.807) is 0 Å². The van der Waals surface area contributed by atoms with E-state index in [4.69, 9.17) is 0 Å². The Morgan fingerprint density at radius 2 is 2.07 bits per heavy atom. The van der Waals surface area contributed by atoms with Crippen molar-refractivity contribution in [2.75, 3.05) is 7.05 Å². The molecule has 0 saturated heterocycles. The van der Waals surface area contributed by atoms with Crippen LogP contribution in [0, 0.1) is 0 Å². The molecule has 0 radical (unpaired) electrons. The fourth-order valence-electron chi connectivity index (χ4n) is 1.18. The number of likely N-dealkylation sites (N-methyl/N-ethyl adjacent to an activating group) is 1. The largest absolute Gasteiger partial charge is 0.313 e. The maximum atomic E-state index is 3.79. The average Bonchev–Trinajstić information content (AvgIpc) is 2.22. The lowest BCUT2D eigenvalue weighted by Gasteiger charge is -2.11. The van der Waals surface area contributed by atoms with E-state index in [1.807, 2.05) is 33.0 Å². The summed E-state index contributed by atoms with van der Waals surface area (Å²) in [6.07, 6.45) is 13.3. The van der Waals surface area contributed by atoms with Crippen molar-refractivity contribution in [2.24, 2.45) is 0 Å². The number of rotatable bonds is 6. The quantitative estimate of drug-likeness (QED) is 0.502. The summed E-state index contributed by atoms with van der Waals surface area (Å²) in [7, 11) is 1.95. The smallest absolute Gasteiger partial charge is 0.0285 e. The minimum absolute atomic E-state index is 0.350. The molecule has 1 atom stereocenters. The first-order valence-electron chi connectivity index (χ1n) is 5.02.